The van der Waals surface area contributed by atoms with E-state index in [2.05, 4.69) is 11.9 Å². The van der Waals surface area contributed by atoms with Gasteiger partial charge in [-0.15, -0.1) is 0 Å². The van der Waals surface area contributed by atoms with E-state index in [-0.39, 0.29) is 5.82 Å². The van der Waals surface area contributed by atoms with Crippen LogP contribution in [0, 0.1) is 11.7 Å². The summed E-state index contributed by atoms with van der Waals surface area (Å²) in [6.07, 6.45) is 4.00. The van der Waals surface area contributed by atoms with Gasteiger partial charge in [-0.25, -0.2) is 4.39 Å². The summed E-state index contributed by atoms with van der Waals surface area (Å²) >= 11 is 0. The Bertz CT molecular complexity index is 361. The minimum Gasteiger partial charge on any atom is -0.374 e. The highest BCUT2D eigenvalue weighted by Crippen LogP contribution is 2.29. The Morgan fingerprint density at radius 2 is 2.19 bits per heavy atom. The molecular formula is C13H19FN2. The van der Waals surface area contributed by atoms with Crippen LogP contribution in [0.1, 0.15) is 24.8 Å². The van der Waals surface area contributed by atoms with Gasteiger partial charge in [0.25, 0.3) is 0 Å². The quantitative estimate of drug-likeness (QED) is 0.848. The number of hydrogen-bond donors (Lipinski definition) is 1. The van der Waals surface area contributed by atoms with Crippen LogP contribution in [0.2, 0.25) is 0 Å². The molecule has 0 heterocycles. The molecule has 0 aliphatic heterocycles. The summed E-state index contributed by atoms with van der Waals surface area (Å²) in [5.74, 6) is 0.599. The third-order valence-corrected chi connectivity index (χ3v) is 3.43. The minimum atomic E-state index is -0.207. The lowest BCUT2D eigenvalue weighted by atomic mass is 9.85. The summed E-state index contributed by atoms with van der Waals surface area (Å²) in [7, 11) is 2.06. The van der Waals surface area contributed by atoms with Crippen molar-refractivity contribution >= 4 is 5.69 Å². The van der Waals surface area contributed by atoms with E-state index in [9.17, 15) is 4.39 Å². The number of nitrogens with two attached hydrogens (primary N) is 1. The molecule has 1 fully saturated rings. The van der Waals surface area contributed by atoms with Gasteiger partial charge in [0, 0.05) is 25.8 Å². The molecule has 0 radical (unpaired) electrons. The average Bonchev–Trinajstić information content (AvgIpc) is 2.23. The molecule has 2 N–H and O–H groups in total. The molecule has 1 saturated carbocycles. The molecule has 0 atom stereocenters. The second kappa shape index (κ2) is 4.83. The zero-order valence-corrected chi connectivity index (χ0v) is 9.75. The standard InChI is InChI=1S/C13H19FN2/c1-16(9-10-3-2-4-10)13-6-5-12(14)7-11(13)8-15/h5-7,10H,2-4,8-9,15H2,1H3. The fraction of sp³-hybridized carbons (Fsp3) is 0.538. The summed E-state index contributed by atoms with van der Waals surface area (Å²) in [6.45, 7) is 1.45. The van der Waals surface area contributed by atoms with Crippen LogP contribution >= 0.6 is 0 Å². The smallest absolute Gasteiger partial charge is 0.123 e. The van der Waals surface area contributed by atoms with E-state index >= 15 is 0 Å². The van der Waals surface area contributed by atoms with Gasteiger partial charge >= 0.3 is 0 Å². The lowest BCUT2D eigenvalue weighted by molar-refractivity contribution is 0.321. The van der Waals surface area contributed by atoms with Gasteiger partial charge in [0.15, 0.2) is 0 Å². The first-order valence-corrected chi connectivity index (χ1v) is 5.90. The number of anilines is 1. The molecule has 3 heteroatoms. The first-order valence-electron chi connectivity index (χ1n) is 5.90. The molecular weight excluding hydrogens is 203 g/mol. The van der Waals surface area contributed by atoms with Crippen molar-refractivity contribution in [3.05, 3.63) is 29.6 Å². The third-order valence-electron chi connectivity index (χ3n) is 3.43. The fourth-order valence-corrected chi connectivity index (χ4v) is 2.25. The molecule has 0 saturated heterocycles. The van der Waals surface area contributed by atoms with Crippen molar-refractivity contribution in [2.75, 3.05) is 18.5 Å². The van der Waals surface area contributed by atoms with Gasteiger partial charge in [0.2, 0.25) is 0 Å². The lowest BCUT2D eigenvalue weighted by Crippen LogP contribution is -2.30. The van der Waals surface area contributed by atoms with Crippen molar-refractivity contribution in [3.63, 3.8) is 0 Å². The number of benzene rings is 1. The molecule has 1 aromatic rings. The van der Waals surface area contributed by atoms with E-state index in [0.29, 0.717) is 6.54 Å². The zero-order chi connectivity index (χ0) is 11.5. The molecule has 88 valence electrons. The lowest BCUT2D eigenvalue weighted by Gasteiger charge is -2.32. The molecule has 2 nitrogen and oxygen atoms in total. The SMILES string of the molecule is CN(CC1CCC1)c1ccc(F)cc1CN. The van der Waals surface area contributed by atoms with E-state index in [4.69, 9.17) is 5.73 Å². The maximum Gasteiger partial charge on any atom is 0.123 e. The van der Waals surface area contributed by atoms with Gasteiger partial charge in [0.05, 0.1) is 0 Å². The number of halogens is 1. The summed E-state index contributed by atoms with van der Waals surface area (Å²) in [6, 6.07) is 4.87. The van der Waals surface area contributed by atoms with E-state index in [1.807, 2.05) is 6.07 Å². The Morgan fingerprint density at radius 3 is 2.75 bits per heavy atom. The van der Waals surface area contributed by atoms with Crippen LogP contribution in [0.5, 0.6) is 0 Å². The molecule has 0 aromatic heterocycles. The number of rotatable bonds is 4. The second-order valence-corrected chi connectivity index (χ2v) is 4.65. The molecule has 1 aliphatic carbocycles. The van der Waals surface area contributed by atoms with Crippen LogP contribution in [-0.2, 0) is 6.54 Å². The van der Waals surface area contributed by atoms with Gasteiger partial charge in [-0.1, -0.05) is 6.42 Å². The van der Waals surface area contributed by atoms with E-state index in [0.717, 1.165) is 23.7 Å². The first kappa shape index (κ1) is 11.4. The average molecular weight is 222 g/mol. The Balaban J connectivity index is 2.11. The minimum absolute atomic E-state index is 0.207. The zero-order valence-electron chi connectivity index (χ0n) is 9.75. The first-order chi connectivity index (χ1) is 7.70. The van der Waals surface area contributed by atoms with Gasteiger partial charge < -0.3 is 10.6 Å². The molecule has 1 aromatic carbocycles. The van der Waals surface area contributed by atoms with Crippen LogP contribution in [-0.4, -0.2) is 13.6 Å². The normalized spacial score (nSPS) is 15.9. The molecule has 0 amide bonds. The largest absolute Gasteiger partial charge is 0.374 e. The topological polar surface area (TPSA) is 29.3 Å². The van der Waals surface area contributed by atoms with Gasteiger partial charge in [-0.05, 0) is 42.5 Å². The van der Waals surface area contributed by atoms with Gasteiger partial charge in [-0.2, -0.15) is 0 Å². The van der Waals surface area contributed by atoms with Crippen molar-refractivity contribution in [2.45, 2.75) is 25.8 Å². The van der Waals surface area contributed by atoms with E-state index in [1.165, 1.54) is 31.4 Å². The molecule has 2 rings (SSSR count). The van der Waals surface area contributed by atoms with Crippen molar-refractivity contribution in [1.29, 1.82) is 0 Å². The van der Waals surface area contributed by atoms with Gasteiger partial charge in [0.1, 0.15) is 5.82 Å². The molecule has 1 aliphatic rings. The van der Waals surface area contributed by atoms with E-state index in [1.54, 1.807) is 0 Å². The summed E-state index contributed by atoms with van der Waals surface area (Å²) in [5.41, 5.74) is 7.60. The highest BCUT2D eigenvalue weighted by Gasteiger charge is 2.20. The molecule has 0 unspecified atom stereocenters. The number of nitrogens with zero attached hydrogens (tertiary/aromatic N) is 1. The van der Waals surface area contributed by atoms with Crippen molar-refractivity contribution in [1.82, 2.24) is 0 Å². The highest BCUT2D eigenvalue weighted by molar-refractivity contribution is 5.53. The van der Waals surface area contributed by atoms with Crippen molar-refractivity contribution in [3.8, 4) is 0 Å². The van der Waals surface area contributed by atoms with Crippen LogP contribution in [0.25, 0.3) is 0 Å². The van der Waals surface area contributed by atoms with Crippen molar-refractivity contribution in [2.24, 2.45) is 11.7 Å². The molecule has 0 spiro atoms. The Kier molecular flexibility index (Phi) is 3.44. The number of hydrogen-bond acceptors (Lipinski definition) is 2. The Hall–Kier alpha value is -1.09. The monoisotopic (exact) mass is 222 g/mol. The van der Waals surface area contributed by atoms with Crippen LogP contribution < -0.4 is 10.6 Å². The highest BCUT2D eigenvalue weighted by atomic mass is 19.1. The maximum atomic E-state index is 13.1. The van der Waals surface area contributed by atoms with Crippen LogP contribution in [0.15, 0.2) is 18.2 Å². The van der Waals surface area contributed by atoms with E-state index < -0.39 is 0 Å². The second-order valence-electron chi connectivity index (χ2n) is 4.65. The predicted octanol–water partition coefficient (Wildman–Crippen LogP) is 2.52. The fourth-order valence-electron chi connectivity index (χ4n) is 2.25. The predicted molar refractivity (Wildman–Crippen MR) is 64.9 cm³/mol. The summed E-state index contributed by atoms with van der Waals surface area (Å²) < 4.78 is 13.1. The summed E-state index contributed by atoms with van der Waals surface area (Å²) in [5, 5.41) is 0. The molecule has 0 bridgehead atoms. The maximum absolute atomic E-state index is 13.1. The summed E-state index contributed by atoms with van der Waals surface area (Å²) in [4.78, 5) is 2.20. The van der Waals surface area contributed by atoms with Gasteiger partial charge in [-0.3, -0.25) is 0 Å². The Labute approximate surface area is 96.2 Å². The Morgan fingerprint density at radius 1 is 1.44 bits per heavy atom. The van der Waals surface area contributed by atoms with Crippen molar-refractivity contribution < 1.29 is 4.39 Å². The van der Waals surface area contributed by atoms with Crippen LogP contribution in [0.3, 0.4) is 0 Å². The molecule has 16 heavy (non-hydrogen) atoms. The third kappa shape index (κ3) is 2.35. The van der Waals surface area contributed by atoms with Crippen LogP contribution in [0.4, 0.5) is 10.1 Å².